The van der Waals surface area contributed by atoms with Crippen molar-refractivity contribution in [3.05, 3.63) is 70.3 Å². The largest absolute Gasteiger partial charge is 0.384 e. The molecule has 2 rings (SSSR count). The molecule has 2 aromatic rings. The van der Waals surface area contributed by atoms with Crippen molar-refractivity contribution in [2.75, 3.05) is 0 Å². The van der Waals surface area contributed by atoms with Crippen LogP contribution in [0.1, 0.15) is 54.7 Å². The zero-order valence-electron chi connectivity index (χ0n) is 12.7. The summed E-state index contributed by atoms with van der Waals surface area (Å²) in [6.07, 6.45) is 2.37. The molecule has 1 atom stereocenters. The Kier molecular flexibility index (Phi) is 4.97. The van der Waals surface area contributed by atoms with Gasteiger partial charge in [0, 0.05) is 0 Å². The topological polar surface area (TPSA) is 20.2 Å². The predicted molar refractivity (Wildman–Crippen MR) is 85.1 cm³/mol. The fraction of sp³-hybridized carbons (Fsp3) is 0.368. The van der Waals surface area contributed by atoms with Gasteiger partial charge in [0.15, 0.2) is 0 Å². The third-order valence-corrected chi connectivity index (χ3v) is 4.02. The molecule has 1 nitrogen and oxygen atoms in total. The van der Waals surface area contributed by atoms with E-state index in [4.69, 9.17) is 0 Å². The highest BCUT2D eigenvalue weighted by Gasteiger charge is 2.16. The second kappa shape index (κ2) is 6.71. The van der Waals surface area contributed by atoms with Crippen LogP contribution in [0.5, 0.6) is 0 Å². The first kappa shape index (κ1) is 14.8. The Morgan fingerprint density at radius 2 is 1.45 bits per heavy atom. The van der Waals surface area contributed by atoms with Crippen LogP contribution in [0.25, 0.3) is 0 Å². The van der Waals surface area contributed by atoms with Crippen LogP contribution in [0.2, 0.25) is 0 Å². The maximum Gasteiger partial charge on any atom is 0.105 e. The molecule has 0 radical (unpaired) electrons. The Morgan fingerprint density at radius 1 is 0.800 bits per heavy atom. The molecule has 20 heavy (non-hydrogen) atoms. The highest BCUT2D eigenvalue weighted by atomic mass is 16.3. The van der Waals surface area contributed by atoms with Crippen molar-refractivity contribution in [3.8, 4) is 0 Å². The molecule has 1 heteroatoms. The van der Waals surface area contributed by atoms with Crippen LogP contribution in [0.3, 0.4) is 0 Å². The van der Waals surface area contributed by atoms with Gasteiger partial charge < -0.3 is 5.11 Å². The maximum absolute atomic E-state index is 10.8. The minimum Gasteiger partial charge on any atom is -0.384 e. The summed E-state index contributed by atoms with van der Waals surface area (Å²) in [6, 6.07) is 14.7. The number of rotatable bonds is 5. The third-order valence-electron chi connectivity index (χ3n) is 4.02. The van der Waals surface area contributed by atoms with Gasteiger partial charge in [-0.05, 0) is 47.1 Å². The first-order chi connectivity index (χ1) is 9.71. The van der Waals surface area contributed by atoms with Gasteiger partial charge >= 0.3 is 0 Å². The van der Waals surface area contributed by atoms with E-state index in [1.807, 2.05) is 18.2 Å². The van der Waals surface area contributed by atoms with Crippen molar-refractivity contribution in [2.45, 2.75) is 46.1 Å². The minimum atomic E-state index is -0.521. The van der Waals surface area contributed by atoms with Crippen LogP contribution in [-0.2, 0) is 19.3 Å². The Morgan fingerprint density at radius 3 is 2.10 bits per heavy atom. The highest BCUT2D eigenvalue weighted by molar-refractivity contribution is 5.41. The van der Waals surface area contributed by atoms with Crippen molar-refractivity contribution in [1.29, 1.82) is 0 Å². The molecule has 0 saturated heterocycles. The summed E-state index contributed by atoms with van der Waals surface area (Å²) in [5.41, 5.74) is 5.85. The number of aliphatic hydroxyl groups is 1. The van der Waals surface area contributed by atoms with Gasteiger partial charge in [-0.3, -0.25) is 0 Å². The van der Waals surface area contributed by atoms with Gasteiger partial charge in [0.1, 0.15) is 6.10 Å². The Labute approximate surface area is 122 Å². The van der Waals surface area contributed by atoms with Gasteiger partial charge in [-0.25, -0.2) is 0 Å². The lowest BCUT2D eigenvalue weighted by atomic mass is 9.90. The zero-order chi connectivity index (χ0) is 14.5. The third kappa shape index (κ3) is 2.94. The summed E-state index contributed by atoms with van der Waals surface area (Å²) >= 11 is 0. The van der Waals surface area contributed by atoms with Crippen LogP contribution >= 0.6 is 0 Å². The van der Waals surface area contributed by atoms with Crippen LogP contribution < -0.4 is 0 Å². The maximum atomic E-state index is 10.8. The Bertz CT molecular complexity index is 572. The summed E-state index contributed by atoms with van der Waals surface area (Å²) in [5.74, 6) is 0. The van der Waals surface area contributed by atoms with E-state index in [0.29, 0.717) is 0 Å². The van der Waals surface area contributed by atoms with Gasteiger partial charge in [-0.15, -0.1) is 0 Å². The van der Waals surface area contributed by atoms with Gasteiger partial charge in [-0.2, -0.15) is 0 Å². The van der Waals surface area contributed by atoms with E-state index in [9.17, 15) is 5.11 Å². The zero-order valence-corrected chi connectivity index (χ0v) is 12.7. The molecule has 1 N–H and O–H groups in total. The standard InChI is InChI=1S/C19H24O/c1-4-14-11-12-16(6-3)18(13-14)19(20)17-10-8-7-9-15(17)5-2/h7-13,19-20H,4-6H2,1-3H3. The van der Waals surface area contributed by atoms with E-state index in [0.717, 1.165) is 30.4 Å². The predicted octanol–water partition coefficient (Wildman–Crippen LogP) is 4.46. The fourth-order valence-corrected chi connectivity index (χ4v) is 2.73. The quantitative estimate of drug-likeness (QED) is 0.849. The first-order valence-electron chi connectivity index (χ1n) is 7.58. The van der Waals surface area contributed by atoms with Gasteiger partial charge in [0.05, 0.1) is 0 Å². The number of aliphatic hydroxyl groups excluding tert-OH is 1. The normalized spacial score (nSPS) is 12.4. The van der Waals surface area contributed by atoms with Crippen molar-refractivity contribution in [3.63, 3.8) is 0 Å². The molecule has 0 aliphatic rings. The SMILES string of the molecule is CCc1ccc(CC)c(C(O)c2ccccc2CC)c1. The summed E-state index contributed by atoms with van der Waals surface area (Å²) in [4.78, 5) is 0. The summed E-state index contributed by atoms with van der Waals surface area (Å²) < 4.78 is 0. The summed E-state index contributed by atoms with van der Waals surface area (Å²) in [6.45, 7) is 6.43. The molecule has 0 heterocycles. The smallest absolute Gasteiger partial charge is 0.105 e. The summed E-state index contributed by atoms with van der Waals surface area (Å²) in [5, 5.41) is 10.8. The molecule has 0 amide bonds. The van der Waals surface area contributed by atoms with Crippen molar-refractivity contribution >= 4 is 0 Å². The van der Waals surface area contributed by atoms with Crippen molar-refractivity contribution < 1.29 is 5.11 Å². The highest BCUT2D eigenvalue weighted by Crippen LogP contribution is 2.29. The summed E-state index contributed by atoms with van der Waals surface area (Å²) in [7, 11) is 0. The molecule has 2 aromatic carbocycles. The second-order valence-corrected chi connectivity index (χ2v) is 5.20. The number of hydrogen-bond donors (Lipinski definition) is 1. The molecule has 0 fully saturated rings. The molecular weight excluding hydrogens is 244 g/mol. The average Bonchev–Trinajstić information content (AvgIpc) is 2.53. The van der Waals surface area contributed by atoms with Crippen LogP contribution in [-0.4, -0.2) is 5.11 Å². The van der Waals surface area contributed by atoms with Crippen molar-refractivity contribution in [2.24, 2.45) is 0 Å². The monoisotopic (exact) mass is 268 g/mol. The van der Waals surface area contributed by atoms with E-state index < -0.39 is 6.10 Å². The number of aryl methyl sites for hydroxylation is 3. The molecular formula is C19H24O. The first-order valence-corrected chi connectivity index (χ1v) is 7.58. The molecule has 0 aliphatic carbocycles. The Balaban J connectivity index is 2.49. The van der Waals surface area contributed by atoms with E-state index >= 15 is 0 Å². The van der Waals surface area contributed by atoms with E-state index in [1.165, 1.54) is 16.7 Å². The minimum absolute atomic E-state index is 0.521. The molecule has 0 aliphatic heterocycles. The lowest BCUT2D eigenvalue weighted by Gasteiger charge is -2.19. The van der Waals surface area contributed by atoms with Crippen LogP contribution in [0, 0.1) is 0 Å². The molecule has 0 bridgehead atoms. The number of hydrogen-bond acceptors (Lipinski definition) is 1. The van der Waals surface area contributed by atoms with E-state index in [-0.39, 0.29) is 0 Å². The lowest BCUT2D eigenvalue weighted by Crippen LogP contribution is -2.07. The number of benzene rings is 2. The van der Waals surface area contributed by atoms with Gasteiger partial charge in [-0.1, -0.05) is 63.2 Å². The van der Waals surface area contributed by atoms with E-state index in [2.05, 4.69) is 45.0 Å². The second-order valence-electron chi connectivity index (χ2n) is 5.20. The molecule has 0 aromatic heterocycles. The Hall–Kier alpha value is -1.60. The molecule has 1 unspecified atom stereocenters. The van der Waals surface area contributed by atoms with Gasteiger partial charge in [0.25, 0.3) is 0 Å². The average molecular weight is 268 g/mol. The van der Waals surface area contributed by atoms with Crippen LogP contribution in [0.4, 0.5) is 0 Å². The van der Waals surface area contributed by atoms with E-state index in [1.54, 1.807) is 0 Å². The van der Waals surface area contributed by atoms with Crippen molar-refractivity contribution in [1.82, 2.24) is 0 Å². The molecule has 106 valence electrons. The molecule has 0 spiro atoms. The lowest BCUT2D eigenvalue weighted by molar-refractivity contribution is 0.218. The van der Waals surface area contributed by atoms with Crippen LogP contribution in [0.15, 0.2) is 42.5 Å². The van der Waals surface area contributed by atoms with Gasteiger partial charge in [0.2, 0.25) is 0 Å². The fourth-order valence-electron chi connectivity index (χ4n) is 2.73. The molecule has 0 saturated carbocycles.